The minimum Gasteiger partial charge on any atom is -0.345 e. The second-order valence-corrected chi connectivity index (χ2v) is 3.65. The van der Waals surface area contributed by atoms with Gasteiger partial charge in [0.2, 0.25) is 5.91 Å². The van der Waals surface area contributed by atoms with Crippen molar-refractivity contribution in [2.24, 2.45) is 0 Å². The first kappa shape index (κ1) is 10.0. The van der Waals surface area contributed by atoms with Crippen molar-refractivity contribution in [1.82, 2.24) is 31.3 Å². The Morgan fingerprint density at radius 1 is 1.67 bits per heavy atom. The highest BCUT2D eigenvalue weighted by Gasteiger charge is 2.24. The van der Waals surface area contributed by atoms with Gasteiger partial charge in [-0.15, -0.1) is 10.2 Å². The van der Waals surface area contributed by atoms with Gasteiger partial charge in [-0.05, 0) is 26.3 Å². The molecule has 1 fully saturated rings. The molecule has 2 heterocycles. The number of nitrogens with one attached hydrogen (secondary N) is 3. The van der Waals surface area contributed by atoms with E-state index in [9.17, 15) is 4.79 Å². The van der Waals surface area contributed by atoms with E-state index in [-0.39, 0.29) is 18.0 Å². The van der Waals surface area contributed by atoms with Gasteiger partial charge in [-0.1, -0.05) is 5.21 Å². The van der Waals surface area contributed by atoms with Crippen LogP contribution in [0.4, 0.5) is 0 Å². The Kier molecular flexibility index (Phi) is 2.91. The zero-order chi connectivity index (χ0) is 10.7. The lowest BCUT2D eigenvalue weighted by Crippen LogP contribution is -2.41. The summed E-state index contributed by atoms with van der Waals surface area (Å²) in [7, 11) is 0. The molecule has 1 amide bonds. The van der Waals surface area contributed by atoms with Gasteiger partial charge in [-0.2, -0.15) is 5.21 Å². The van der Waals surface area contributed by atoms with Gasteiger partial charge in [-0.25, -0.2) is 0 Å². The van der Waals surface area contributed by atoms with Gasteiger partial charge < -0.3 is 10.6 Å². The molecule has 1 aromatic rings. The normalized spacial score (nSPS) is 22.6. The molecule has 7 heteroatoms. The number of aromatic nitrogens is 4. The largest absolute Gasteiger partial charge is 0.345 e. The summed E-state index contributed by atoms with van der Waals surface area (Å²) in [5, 5.41) is 19.4. The van der Waals surface area contributed by atoms with Gasteiger partial charge in [0.1, 0.15) is 0 Å². The van der Waals surface area contributed by atoms with Crippen molar-refractivity contribution in [3.05, 3.63) is 5.82 Å². The maximum Gasteiger partial charge on any atom is 0.237 e. The van der Waals surface area contributed by atoms with E-state index in [0.29, 0.717) is 5.82 Å². The molecule has 1 aromatic heterocycles. The van der Waals surface area contributed by atoms with E-state index in [1.165, 1.54) is 0 Å². The molecular weight excluding hydrogens is 196 g/mol. The molecule has 0 aromatic carbocycles. The second-order valence-electron chi connectivity index (χ2n) is 3.65. The van der Waals surface area contributed by atoms with Crippen LogP contribution in [0.25, 0.3) is 0 Å². The Balaban J connectivity index is 1.88. The molecule has 2 rings (SSSR count). The molecule has 0 bridgehead atoms. The first-order valence-electron chi connectivity index (χ1n) is 5.04. The van der Waals surface area contributed by atoms with E-state index >= 15 is 0 Å². The summed E-state index contributed by atoms with van der Waals surface area (Å²) in [5.41, 5.74) is 0. The molecule has 1 saturated heterocycles. The lowest BCUT2D eigenvalue weighted by Gasteiger charge is -2.14. The maximum absolute atomic E-state index is 11.7. The van der Waals surface area contributed by atoms with Crippen LogP contribution in [0.15, 0.2) is 0 Å². The molecule has 0 aliphatic carbocycles. The minimum atomic E-state index is -0.210. The fourth-order valence-electron chi connectivity index (χ4n) is 1.64. The van der Waals surface area contributed by atoms with Gasteiger partial charge in [0.15, 0.2) is 5.82 Å². The molecule has 0 spiro atoms. The van der Waals surface area contributed by atoms with Crippen LogP contribution in [-0.4, -0.2) is 39.1 Å². The molecule has 2 atom stereocenters. The number of nitrogens with zero attached hydrogens (tertiary/aromatic N) is 3. The van der Waals surface area contributed by atoms with E-state index < -0.39 is 0 Å². The average molecular weight is 210 g/mol. The van der Waals surface area contributed by atoms with E-state index in [0.717, 1.165) is 19.4 Å². The van der Waals surface area contributed by atoms with Crippen LogP contribution in [0.2, 0.25) is 0 Å². The standard InChI is InChI=1S/C8H14N6O/c1-5(7-11-13-14-12-7)10-8(15)6-3-2-4-9-6/h5-6,9H,2-4H2,1H3,(H,10,15)(H,11,12,13,14). The maximum atomic E-state index is 11.7. The number of rotatable bonds is 3. The number of H-pyrrole nitrogens is 1. The van der Waals surface area contributed by atoms with Crippen molar-refractivity contribution in [3.8, 4) is 0 Å². The highest BCUT2D eigenvalue weighted by atomic mass is 16.2. The number of tetrazole rings is 1. The molecule has 15 heavy (non-hydrogen) atoms. The second kappa shape index (κ2) is 4.35. The van der Waals surface area contributed by atoms with Crippen LogP contribution in [0.3, 0.4) is 0 Å². The molecule has 0 radical (unpaired) electrons. The van der Waals surface area contributed by atoms with Crippen LogP contribution < -0.4 is 10.6 Å². The lowest BCUT2D eigenvalue weighted by molar-refractivity contribution is -0.123. The molecule has 82 valence electrons. The Hall–Kier alpha value is -1.50. The Morgan fingerprint density at radius 3 is 3.13 bits per heavy atom. The van der Waals surface area contributed by atoms with Crippen LogP contribution >= 0.6 is 0 Å². The fourth-order valence-corrected chi connectivity index (χ4v) is 1.64. The number of amides is 1. The third-order valence-electron chi connectivity index (χ3n) is 2.48. The molecule has 2 unspecified atom stereocenters. The van der Waals surface area contributed by atoms with Crippen molar-refractivity contribution in [2.75, 3.05) is 6.54 Å². The van der Waals surface area contributed by atoms with Gasteiger partial charge in [0.05, 0.1) is 12.1 Å². The van der Waals surface area contributed by atoms with E-state index in [4.69, 9.17) is 0 Å². The number of hydrogen-bond acceptors (Lipinski definition) is 5. The van der Waals surface area contributed by atoms with E-state index in [1.807, 2.05) is 6.92 Å². The summed E-state index contributed by atoms with van der Waals surface area (Å²) in [4.78, 5) is 11.7. The zero-order valence-corrected chi connectivity index (χ0v) is 8.53. The monoisotopic (exact) mass is 210 g/mol. The molecule has 1 aliphatic heterocycles. The topological polar surface area (TPSA) is 95.6 Å². The first-order valence-corrected chi connectivity index (χ1v) is 5.04. The number of carbonyl (C=O) groups excluding carboxylic acids is 1. The van der Waals surface area contributed by atoms with Crippen molar-refractivity contribution in [2.45, 2.75) is 31.8 Å². The quantitative estimate of drug-likeness (QED) is 0.602. The van der Waals surface area contributed by atoms with E-state index in [1.54, 1.807) is 0 Å². The molecule has 1 aliphatic rings. The first-order chi connectivity index (χ1) is 7.27. The summed E-state index contributed by atoms with van der Waals surface area (Å²) in [6.45, 7) is 2.74. The summed E-state index contributed by atoms with van der Waals surface area (Å²) >= 11 is 0. The van der Waals surface area contributed by atoms with Crippen molar-refractivity contribution in [3.63, 3.8) is 0 Å². The predicted octanol–water partition coefficient (Wildman–Crippen LogP) is -0.871. The van der Waals surface area contributed by atoms with Crippen LogP contribution in [0, 0.1) is 0 Å². The lowest BCUT2D eigenvalue weighted by atomic mass is 10.2. The van der Waals surface area contributed by atoms with Gasteiger partial charge in [0.25, 0.3) is 0 Å². The summed E-state index contributed by atoms with van der Waals surface area (Å²) < 4.78 is 0. The Morgan fingerprint density at radius 2 is 2.53 bits per heavy atom. The molecule has 3 N–H and O–H groups in total. The number of aromatic amines is 1. The molecular formula is C8H14N6O. The van der Waals surface area contributed by atoms with Crippen LogP contribution in [0.5, 0.6) is 0 Å². The Bertz CT molecular complexity index is 318. The Labute approximate surface area is 87.0 Å². The zero-order valence-electron chi connectivity index (χ0n) is 8.53. The summed E-state index contributed by atoms with van der Waals surface area (Å²) in [5.74, 6) is 0.506. The average Bonchev–Trinajstić information content (AvgIpc) is 2.91. The smallest absolute Gasteiger partial charge is 0.237 e. The van der Waals surface area contributed by atoms with E-state index in [2.05, 4.69) is 31.3 Å². The highest BCUT2D eigenvalue weighted by molar-refractivity contribution is 5.82. The summed E-state index contributed by atoms with van der Waals surface area (Å²) in [6.07, 6.45) is 1.94. The third kappa shape index (κ3) is 2.30. The van der Waals surface area contributed by atoms with Gasteiger partial charge >= 0.3 is 0 Å². The van der Waals surface area contributed by atoms with Gasteiger partial charge in [-0.3, -0.25) is 4.79 Å². The number of hydrogen-bond donors (Lipinski definition) is 3. The van der Waals surface area contributed by atoms with Crippen LogP contribution in [-0.2, 0) is 4.79 Å². The van der Waals surface area contributed by atoms with Crippen molar-refractivity contribution in [1.29, 1.82) is 0 Å². The third-order valence-corrected chi connectivity index (χ3v) is 2.48. The highest BCUT2D eigenvalue weighted by Crippen LogP contribution is 2.08. The fraction of sp³-hybridized carbons (Fsp3) is 0.750. The van der Waals surface area contributed by atoms with Gasteiger partial charge in [0, 0.05) is 0 Å². The van der Waals surface area contributed by atoms with Crippen molar-refractivity contribution >= 4 is 5.91 Å². The summed E-state index contributed by atoms with van der Waals surface area (Å²) in [6, 6.07) is -0.280. The van der Waals surface area contributed by atoms with Crippen molar-refractivity contribution < 1.29 is 4.79 Å². The predicted molar refractivity (Wildman–Crippen MR) is 51.8 cm³/mol. The molecule has 0 saturated carbocycles. The molecule has 7 nitrogen and oxygen atoms in total. The minimum absolute atomic E-state index is 0.00444. The van der Waals surface area contributed by atoms with Crippen LogP contribution in [0.1, 0.15) is 31.6 Å². The number of carbonyl (C=O) groups is 1. The SMILES string of the molecule is CC(NC(=O)C1CCCN1)c1nn[nH]n1.